The Labute approximate surface area is 179 Å². The lowest BCUT2D eigenvalue weighted by atomic mass is 9.91. The van der Waals surface area contributed by atoms with E-state index in [1.807, 2.05) is 6.07 Å². The smallest absolute Gasteiger partial charge is 0.276 e. The third kappa shape index (κ3) is 4.03. The lowest BCUT2D eigenvalue weighted by Crippen LogP contribution is -2.40. The molecular weight excluding hydrogens is 400 g/mol. The van der Waals surface area contributed by atoms with E-state index >= 15 is 0 Å². The standard InChI is InChI=1S/C22H24N4O5/c1-25-17(6-9-23-25)21(27)14-7-10-26(11-8-14)22(28)16-13-19(31-24-16)15-4-5-18(29-2)20(12-15)30-3/h4-6,9,12-14H,7-8,10-11H2,1-3H3. The molecule has 3 aromatic rings. The second-order valence-electron chi connectivity index (χ2n) is 7.42. The fraction of sp³-hybridized carbons (Fsp3) is 0.364. The van der Waals surface area contributed by atoms with Crippen LogP contribution in [0.2, 0.25) is 0 Å². The zero-order valence-electron chi connectivity index (χ0n) is 17.7. The lowest BCUT2D eigenvalue weighted by Gasteiger charge is -2.30. The van der Waals surface area contributed by atoms with Crippen LogP contribution < -0.4 is 9.47 Å². The molecule has 1 saturated heterocycles. The first-order valence-corrected chi connectivity index (χ1v) is 10.0. The Hall–Kier alpha value is -3.62. The van der Waals surface area contributed by atoms with Crippen LogP contribution in [-0.2, 0) is 7.05 Å². The van der Waals surface area contributed by atoms with Crippen molar-refractivity contribution in [3.63, 3.8) is 0 Å². The first-order chi connectivity index (χ1) is 15.0. The van der Waals surface area contributed by atoms with Gasteiger partial charge >= 0.3 is 0 Å². The van der Waals surface area contributed by atoms with Gasteiger partial charge in [-0.05, 0) is 37.1 Å². The van der Waals surface area contributed by atoms with E-state index in [9.17, 15) is 9.59 Å². The molecule has 162 valence electrons. The molecule has 0 saturated carbocycles. The number of methoxy groups -OCH3 is 2. The Kier molecular flexibility index (Phi) is 5.75. The zero-order valence-corrected chi connectivity index (χ0v) is 17.7. The summed E-state index contributed by atoms with van der Waals surface area (Å²) in [6.07, 6.45) is 2.83. The van der Waals surface area contributed by atoms with Crippen molar-refractivity contribution in [1.29, 1.82) is 0 Å². The van der Waals surface area contributed by atoms with E-state index in [1.165, 1.54) is 0 Å². The topological polar surface area (TPSA) is 99.7 Å². The van der Waals surface area contributed by atoms with Gasteiger partial charge in [0.15, 0.2) is 28.7 Å². The molecule has 1 aliphatic rings. The molecule has 1 aliphatic heterocycles. The molecule has 3 heterocycles. The Bertz CT molecular complexity index is 1100. The highest BCUT2D eigenvalue weighted by molar-refractivity contribution is 5.97. The van der Waals surface area contributed by atoms with Crippen LogP contribution in [0.3, 0.4) is 0 Å². The summed E-state index contributed by atoms with van der Waals surface area (Å²) in [5.74, 6) is 1.38. The molecule has 4 rings (SSSR count). The van der Waals surface area contributed by atoms with Crippen molar-refractivity contribution >= 4 is 11.7 Å². The minimum atomic E-state index is -0.207. The summed E-state index contributed by atoms with van der Waals surface area (Å²) < 4.78 is 17.5. The number of amides is 1. The van der Waals surface area contributed by atoms with Gasteiger partial charge in [-0.25, -0.2) is 0 Å². The molecule has 9 nitrogen and oxygen atoms in total. The molecule has 1 aromatic carbocycles. The summed E-state index contributed by atoms with van der Waals surface area (Å²) in [6, 6.07) is 8.69. The predicted octanol–water partition coefficient (Wildman–Crippen LogP) is 2.83. The largest absolute Gasteiger partial charge is 0.493 e. The number of hydrogen-bond acceptors (Lipinski definition) is 7. The van der Waals surface area contributed by atoms with E-state index in [0.29, 0.717) is 48.9 Å². The number of carbonyl (C=O) groups excluding carboxylic acids is 2. The second-order valence-corrected chi connectivity index (χ2v) is 7.42. The molecule has 9 heteroatoms. The van der Waals surface area contributed by atoms with Crippen LogP contribution in [0, 0.1) is 5.92 Å². The molecule has 0 radical (unpaired) electrons. The Balaban J connectivity index is 1.42. The first kappa shape index (κ1) is 20.6. The van der Waals surface area contributed by atoms with Gasteiger partial charge in [0.2, 0.25) is 0 Å². The average Bonchev–Trinajstić information content (AvgIpc) is 3.47. The van der Waals surface area contributed by atoms with E-state index in [-0.39, 0.29) is 23.3 Å². The van der Waals surface area contributed by atoms with Crippen LogP contribution in [0.4, 0.5) is 0 Å². The lowest BCUT2D eigenvalue weighted by molar-refractivity contribution is 0.0639. The maximum absolute atomic E-state index is 12.9. The summed E-state index contributed by atoms with van der Waals surface area (Å²) in [4.78, 5) is 27.3. The number of likely N-dealkylation sites (tertiary alicyclic amines) is 1. The number of benzene rings is 1. The zero-order chi connectivity index (χ0) is 22.0. The van der Waals surface area contributed by atoms with Crippen LogP contribution in [0.25, 0.3) is 11.3 Å². The summed E-state index contributed by atoms with van der Waals surface area (Å²) >= 11 is 0. The Morgan fingerprint density at radius 3 is 2.45 bits per heavy atom. The number of hydrogen-bond donors (Lipinski definition) is 0. The summed E-state index contributed by atoms with van der Waals surface area (Å²) in [5, 5.41) is 8.02. The van der Waals surface area contributed by atoms with Gasteiger partial charge in [-0.3, -0.25) is 14.3 Å². The maximum Gasteiger partial charge on any atom is 0.276 e. The van der Waals surface area contributed by atoms with Crippen molar-refractivity contribution in [2.75, 3.05) is 27.3 Å². The number of nitrogens with zero attached hydrogens (tertiary/aromatic N) is 4. The van der Waals surface area contributed by atoms with Crippen molar-refractivity contribution in [3.05, 3.63) is 47.9 Å². The van der Waals surface area contributed by atoms with Gasteiger partial charge in [-0.1, -0.05) is 5.16 Å². The van der Waals surface area contributed by atoms with Crippen LogP contribution in [0.1, 0.15) is 33.8 Å². The van der Waals surface area contributed by atoms with Gasteiger partial charge in [0, 0.05) is 43.9 Å². The molecule has 0 aliphatic carbocycles. The number of ketones is 1. The molecule has 0 bridgehead atoms. The SMILES string of the molecule is COc1ccc(-c2cc(C(=O)N3CCC(C(=O)c4ccnn4C)CC3)no2)cc1OC. The third-order valence-corrected chi connectivity index (χ3v) is 5.62. The second kappa shape index (κ2) is 8.63. The van der Waals surface area contributed by atoms with Crippen molar-refractivity contribution < 1.29 is 23.6 Å². The molecule has 0 unspecified atom stereocenters. The van der Waals surface area contributed by atoms with Crippen molar-refractivity contribution in [2.45, 2.75) is 12.8 Å². The number of aromatic nitrogens is 3. The van der Waals surface area contributed by atoms with Gasteiger partial charge in [0.25, 0.3) is 5.91 Å². The summed E-state index contributed by atoms with van der Waals surface area (Å²) in [6.45, 7) is 0.983. The highest BCUT2D eigenvalue weighted by Crippen LogP contribution is 2.33. The maximum atomic E-state index is 12.9. The molecule has 0 spiro atoms. The predicted molar refractivity (Wildman–Crippen MR) is 111 cm³/mol. The van der Waals surface area contributed by atoms with Crippen LogP contribution in [-0.4, -0.2) is 58.8 Å². The number of piperidine rings is 1. The van der Waals surface area contributed by atoms with Crippen LogP contribution in [0.5, 0.6) is 11.5 Å². The molecule has 0 atom stereocenters. The molecule has 1 fully saturated rings. The monoisotopic (exact) mass is 424 g/mol. The van der Waals surface area contributed by atoms with E-state index in [0.717, 1.165) is 5.56 Å². The highest BCUT2D eigenvalue weighted by atomic mass is 16.5. The van der Waals surface area contributed by atoms with Crippen molar-refractivity contribution in [2.24, 2.45) is 13.0 Å². The quantitative estimate of drug-likeness (QED) is 0.561. The van der Waals surface area contributed by atoms with Gasteiger partial charge < -0.3 is 18.9 Å². The fourth-order valence-electron chi connectivity index (χ4n) is 3.83. The van der Waals surface area contributed by atoms with Gasteiger partial charge in [0.1, 0.15) is 5.69 Å². The van der Waals surface area contributed by atoms with Gasteiger partial charge in [0.05, 0.1) is 14.2 Å². The fourth-order valence-corrected chi connectivity index (χ4v) is 3.83. The van der Waals surface area contributed by atoms with Crippen molar-refractivity contribution in [3.8, 4) is 22.8 Å². The van der Waals surface area contributed by atoms with E-state index in [2.05, 4.69) is 10.3 Å². The van der Waals surface area contributed by atoms with Gasteiger partial charge in [-0.15, -0.1) is 0 Å². The van der Waals surface area contributed by atoms with Crippen LogP contribution >= 0.6 is 0 Å². The minimum absolute atomic E-state index is 0.0734. The molecular formula is C22H24N4O5. The number of aryl methyl sites for hydroxylation is 1. The third-order valence-electron chi connectivity index (χ3n) is 5.62. The van der Waals surface area contributed by atoms with E-state index in [4.69, 9.17) is 14.0 Å². The number of rotatable bonds is 6. The van der Waals surface area contributed by atoms with Crippen molar-refractivity contribution in [1.82, 2.24) is 19.8 Å². The normalized spacial score (nSPS) is 14.5. The molecule has 31 heavy (non-hydrogen) atoms. The number of carbonyl (C=O) groups is 2. The molecule has 2 aromatic heterocycles. The highest BCUT2D eigenvalue weighted by Gasteiger charge is 2.30. The summed E-state index contributed by atoms with van der Waals surface area (Å²) in [5.41, 5.74) is 1.56. The van der Waals surface area contributed by atoms with Gasteiger partial charge in [-0.2, -0.15) is 5.10 Å². The van der Waals surface area contributed by atoms with E-state index in [1.54, 1.807) is 61.3 Å². The number of ether oxygens (including phenoxy) is 2. The first-order valence-electron chi connectivity index (χ1n) is 10.0. The molecule has 1 amide bonds. The Morgan fingerprint density at radius 2 is 1.81 bits per heavy atom. The number of Topliss-reactive ketones (excluding diaryl/α,β-unsaturated/α-hetero) is 1. The minimum Gasteiger partial charge on any atom is -0.493 e. The summed E-state index contributed by atoms with van der Waals surface area (Å²) in [7, 11) is 4.88. The molecule has 0 N–H and O–H groups in total. The average molecular weight is 424 g/mol. The van der Waals surface area contributed by atoms with E-state index < -0.39 is 0 Å². The van der Waals surface area contributed by atoms with Crippen LogP contribution in [0.15, 0.2) is 41.1 Å². The Morgan fingerprint density at radius 1 is 1.06 bits per heavy atom.